The second-order valence-corrected chi connectivity index (χ2v) is 5.44. The third-order valence-electron chi connectivity index (χ3n) is 4.23. The molecule has 0 heterocycles. The van der Waals surface area contributed by atoms with Gasteiger partial charge in [-0.15, -0.1) is 0 Å². The van der Waals surface area contributed by atoms with Gasteiger partial charge in [-0.25, -0.2) is 0 Å². The molecule has 2 heteroatoms. The topological polar surface area (TPSA) is 35.8 Å². The first-order valence-corrected chi connectivity index (χ1v) is 7.29. The van der Waals surface area contributed by atoms with Crippen LogP contribution >= 0.6 is 0 Å². The molecule has 104 valence electrons. The molecule has 0 atom stereocenters. The first-order chi connectivity index (χ1) is 10.8. The lowest BCUT2D eigenvalue weighted by atomic mass is 9.88. The van der Waals surface area contributed by atoms with E-state index in [2.05, 4.69) is 23.5 Å². The van der Waals surface area contributed by atoms with E-state index in [0.29, 0.717) is 0 Å². The summed E-state index contributed by atoms with van der Waals surface area (Å²) in [5.41, 5.74) is 4.39. The third kappa shape index (κ3) is 1.66. The molecule has 1 aliphatic rings. The van der Waals surface area contributed by atoms with E-state index < -0.39 is 5.54 Å². The summed E-state index contributed by atoms with van der Waals surface area (Å²) in [6, 6.07) is 28.7. The summed E-state index contributed by atoms with van der Waals surface area (Å²) in [7, 11) is 0. The number of hydrogen-bond acceptors (Lipinski definition) is 2. The Morgan fingerprint density at radius 1 is 0.682 bits per heavy atom. The predicted molar refractivity (Wildman–Crippen MR) is 88.3 cm³/mol. The highest BCUT2D eigenvalue weighted by Crippen LogP contribution is 2.48. The van der Waals surface area contributed by atoms with Crippen molar-refractivity contribution in [1.82, 2.24) is 0 Å². The van der Waals surface area contributed by atoms with Gasteiger partial charge in [-0.05, 0) is 23.3 Å². The molecule has 0 radical (unpaired) electrons. The first kappa shape index (κ1) is 12.7. The zero-order chi connectivity index (χ0) is 15.0. The summed E-state index contributed by atoms with van der Waals surface area (Å²) in [6.45, 7) is 0. The molecule has 0 aliphatic heterocycles. The summed E-state index contributed by atoms with van der Waals surface area (Å²) in [4.78, 5) is 0. The highest BCUT2D eigenvalue weighted by atomic mass is 15.0. The smallest absolute Gasteiger partial charge is 0.178 e. The number of nitrogens with one attached hydrogen (secondary N) is 1. The number of nitrogens with zero attached hydrogens (tertiary/aromatic N) is 1. The fourth-order valence-electron chi connectivity index (χ4n) is 3.26. The molecule has 1 aliphatic carbocycles. The first-order valence-electron chi connectivity index (χ1n) is 7.29. The van der Waals surface area contributed by atoms with Crippen LogP contribution in [0.25, 0.3) is 11.1 Å². The fraction of sp³-hybridized carbons (Fsp3) is 0.0500. The van der Waals surface area contributed by atoms with Crippen LogP contribution < -0.4 is 5.32 Å². The van der Waals surface area contributed by atoms with Crippen LogP contribution in [0, 0.1) is 11.3 Å². The van der Waals surface area contributed by atoms with Gasteiger partial charge in [-0.2, -0.15) is 5.26 Å². The molecule has 0 saturated carbocycles. The van der Waals surface area contributed by atoms with Crippen molar-refractivity contribution < 1.29 is 0 Å². The Hall–Kier alpha value is -3.05. The molecule has 0 amide bonds. The zero-order valence-electron chi connectivity index (χ0n) is 12.0. The van der Waals surface area contributed by atoms with Crippen LogP contribution in [0.2, 0.25) is 0 Å². The molecule has 22 heavy (non-hydrogen) atoms. The van der Waals surface area contributed by atoms with Gasteiger partial charge in [0.2, 0.25) is 0 Å². The van der Waals surface area contributed by atoms with Gasteiger partial charge in [0.15, 0.2) is 5.54 Å². The maximum absolute atomic E-state index is 10.1. The number of benzene rings is 3. The number of para-hydroxylation sites is 1. The van der Waals surface area contributed by atoms with E-state index in [9.17, 15) is 5.26 Å². The highest BCUT2D eigenvalue weighted by Gasteiger charge is 2.43. The normalized spacial score (nSPS) is 13.8. The number of anilines is 1. The quantitative estimate of drug-likeness (QED) is 0.748. The highest BCUT2D eigenvalue weighted by molar-refractivity contribution is 5.84. The van der Waals surface area contributed by atoms with Crippen LogP contribution in [-0.2, 0) is 5.54 Å². The molecule has 3 aromatic rings. The van der Waals surface area contributed by atoms with E-state index in [0.717, 1.165) is 27.9 Å². The van der Waals surface area contributed by atoms with Crippen LogP contribution in [0.3, 0.4) is 0 Å². The minimum atomic E-state index is -0.839. The summed E-state index contributed by atoms with van der Waals surface area (Å²) in [5.74, 6) is 0. The predicted octanol–water partition coefficient (Wildman–Crippen LogP) is 4.55. The summed E-state index contributed by atoms with van der Waals surface area (Å²) >= 11 is 0. The maximum atomic E-state index is 10.1. The molecular weight excluding hydrogens is 268 g/mol. The van der Waals surface area contributed by atoms with E-state index in [-0.39, 0.29) is 0 Å². The van der Waals surface area contributed by atoms with Crippen LogP contribution in [0.15, 0.2) is 78.9 Å². The van der Waals surface area contributed by atoms with Crippen molar-refractivity contribution in [2.24, 2.45) is 0 Å². The Morgan fingerprint density at radius 2 is 1.18 bits per heavy atom. The fourth-order valence-corrected chi connectivity index (χ4v) is 3.26. The largest absolute Gasteiger partial charge is 0.360 e. The minimum absolute atomic E-state index is 0.839. The van der Waals surface area contributed by atoms with Gasteiger partial charge in [0.25, 0.3) is 0 Å². The van der Waals surface area contributed by atoms with Crippen molar-refractivity contribution in [3.63, 3.8) is 0 Å². The Kier molecular flexibility index (Phi) is 2.74. The van der Waals surface area contributed by atoms with Crippen LogP contribution in [0.5, 0.6) is 0 Å². The number of nitriles is 1. The van der Waals surface area contributed by atoms with Crippen molar-refractivity contribution >= 4 is 5.69 Å². The van der Waals surface area contributed by atoms with Gasteiger partial charge in [-0.3, -0.25) is 0 Å². The average molecular weight is 282 g/mol. The molecule has 0 fully saturated rings. The van der Waals surface area contributed by atoms with Crippen molar-refractivity contribution in [3.05, 3.63) is 90.0 Å². The Morgan fingerprint density at radius 3 is 1.73 bits per heavy atom. The molecular formula is C20H14N2. The van der Waals surface area contributed by atoms with Gasteiger partial charge in [0.1, 0.15) is 6.07 Å². The number of hydrogen-bond donors (Lipinski definition) is 1. The van der Waals surface area contributed by atoms with Crippen LogP contribution in [0.4, 0.5) is 5.69 Å². The Bertz CT molecular complexity index is 830. The van der Waals surface area contributed by atoms with Crippen molar-refractivity contribution in [2.75, 3.05) is 5.32 Å². The lowest BCUT2D eigenvalue weighted by Crippen LogP contribution is -2.32. The second kappa shape index (κ2) is 4.75. The molecule has 0 bridgehead atoms. The van der Waals surface area contributed by atoms with Crippen molar-refractivity contribution in [3.8, 4) is 17.2 Å². The number of fused-ring (bicyclic) bond motifs is 3. The van der Waals surface area contributed by atoms with Gasteiger partial charge in [0, 0.05) is 16.8 Å². The maximum Gasteiger partial charge on any atom is 0.178 e. The lowest BCUT2D eigenvalue weighted by molar-refractivity contribution is 0.784. The van der Waals surface area contributed by atoms with Gasteiger partial charge in [-0.1, -0.05) is 66.7 Å². The zero-order valence-corrected chi connectivity index (χ0v) is 12.0. The molecule has 0 aromatic heterocycles. The van der Waals surface area contributed by atoms with Crippen LogP contribution in [-0.4, -0.2) is 0 Å². The van der Waals surface area contributed by atoms with E-state index in [4.69, 9.17) is 0 Å². The van der Waals surface area contributed by atoms with Crippen molar-refractivity contribution in [1.29, 1.82) is 5.26 Å². The minimum Gasteiger partial charge on any atom is -0.360 e. The Labute approximate surface area is 129 Å². The average Bonchev–Trinajstić information content (AvgIpc) is 2.87. The number of rotatable bonds is 2. The molecule has 0 saturated heterocycles. The monoisotopic (exact) mass is 282 g/mol. The molecule has 4 rings (SSSR count). The van der Waals surface area contributed by atoms with Gasteiger partial charge >= 0.3 is 0 Å². The Balaban J connectivity index is 1.98. The summed E-state index contributed by atoms with van der Waals surface area (Å²) in [6.07, 6.45) is 0. The standard InChI is InChI=1S/C20H14N2/c21-14-20(22-15-8-2-1-3-9-15)18-12-6-4-10-16(18)17-11-5-7-13-19(17)20/h1-13,22H. The second-order valence-electron chi connectivity index (χ2n) is 5.44. The molecule has 1 N–H and O–H groups in total. The van der Waals surface area contributed by atoms with Crippen LogP contribution in [0.1, 0.15) is 11.1 Å². The summed E-state index contributed by atoms with van der Waals surface area (Å²) < 4.78 is 0. The lowest BCUT2D eigenvalue weighted by Gasteiger charge is -2.26. The molecule has 2 nitrogen and oxygen atoms in total. The van der Waals surface area contributed by atoms with Gasteiger partial charge < -0.3 is 5.32 Å². The van der Waals surface area contributed by atoms with E-state index in [1.807, 2.05) is 66.7 Å². The van der Waals surface area contributed by atoms with Crippen molar-refractivity contribution in [2.45, 2.75) is 5.54 Å². The van der Waals surface area contributed by atoms with Gasteiger partial charge in [0.05, 0.1) is 0 Å². The SMILES string of the molecule is N#CC1(Nc2ccccc2)c2ccccc2-c2ccccc21. The third-order valence-corrected chi connectivity index (χ3v) is 4.23. The summed E-state index contributed by atoms with van der Waals surface area (Å²) in [5, 5.41) is 13.5. The molecule has 0 spiro atoms. The molecule has 0 unspecified atom stereocenters. The van der Waals surface area contributed by atoms with E-state index in [1.165, 1.54) is 0 Å². The van der Waals surface area contributed by atoms with E-state index in [1.54, 1.807) is 0 Å². The van der Waals surface area contributed by atoms with E-state index >= 15 is 0 Å². The molecule has 3 aromatic carbocycles.